The highest BCUT2D eigenvalue weighted by atomic mass is 16.3. The summed E-state index contributed by atoms with van der Waals surface area (Å²) < 4.78 is 2.27. The van der Waals surface area contributed by atoms with Gasteiger partial charge in [-0.2, -0.15) is 0 Å². The van der Waals surface area contributed by atoms with Crippen LogP contribution in [-0.2, 0) is 0 Å². The van der Waals surface area contributed by atoms with Gasteiger partial charge in [-0.25, -0.2) is 0 Å². The van der Waals surface area contributed by atoms with E-state index < -0.39 is 0 Å². The van der Waals surface area contributed by atoms with E-state index in [1.54, 1.807) is 6.07 Å². The molecule has 1 aromatic heterocycles. The number of benzene rings is 1. The molecular weight excluding hydrogens is 174 g/mol. The third-order valence-corrected chi connectivity index (χ3v) is 2.94. The van der Waals surface area contributed by atoms with E-state index in [2.05, 4.69) is 23.6 Å². The summed E-state index contributed by atoms with van der Waals surface area (Å²) in [6, 6.07) is 8.49. The van der Waals surface area contributed by atoms with Crippen LogP contribution < -0.4 is 0 Å². The molecule has 1 saturated carbocycles. The van der Waals surface area contributed by atoms with Gasteiger partial charge in [-0.05, 0) is 31.9 Å². The van der Waals surface area contributed by atoms with Crippen LogP contribution >= 0.6 is 0 Å². The van der Waals surface area contributed by atoms with E-state index in [0.29, 0.717) is 11.8 Å². The molecule has 14 heavy (non-hydrogen) atoms. The predicted molar refractivity (Wildman–Crippen MR) is 56.6 cm³/mol. The minimum Gasteiger partial charge on any atom is -0.506 e. The number of nitrogens with zero attached hydrogens (tertiary/aromatic N) is 1. The van der Waals surface area contributed by atoms with Gasteiger partial charge in [0, 0.05) is 17.1 Å². The third kappa shape index (κ3) is 0.969. The smallest absolute Gasteiger partial charge is 0.139 e. The minimum absolute atomic E-state index is 0.405. The number of hydrogen-bond acceptors (Lipinski definition) is 1. The van der Waals surface area contributed by atoms with Crippen LogP contribution in [0.2, 0.25) is 0 Å². The Balaban J connectivity index is 2.39. The van der Waals surface area contributed by atoms with Crippen molar-refractivity contribution in [3.05, 3.63) is 30.0 Å². The second-order valence-electron chi connectivity index (χ2n) is 4.10. The number of hydrogen-bond donors (Lipinski definition) is 1. The first-order chi connectivity index (χ1) is 6.77. The lowest BCUT2D eigenvalue weighted by Gasteiger charge is -2.06. The van der Waals surface area contributed by atoms with Crippen LogP contribution in [0.4, 0.5) is 0 Å². The summed E-state index contributed by atoms with van der Waals surface area (Å²) in [6.07, 6.45) is 2.50. The number of para-hydroxylation sites is 1. The number of aryl methyl sites for hydroxylation is 1. The van der Waals surface area contributed by atoms with Gasteiger partial charge >= 0.3 is 0 Å². The van der Waals surface area contributed by atoms with Gasteiger partial charge < -0.3 is 9.67 Å². The first kappa shape index (κ1) is 7.92. The van der Waals surface area contributed by atoms with Crippen LogP contribution in [-0.4, -0.2) is 9.67 Å². The summed E-state index contributed by atoms with van der Waals surface area (Å²) in [4.78, 5) is 0. The van der Waals surface area contributed by atoms with Crippen LogP contribution in [0.25, 0.3) is 10.9 Å². The molecule has 0 amide bonds. The lowest BCUT2D eigenvalue weighted by molar-refractivity contribution is 0.477. The number of aromatic nitrogens is 1. The molecule has 0 atom stereocenters. The van der Waals surface area contributed by atoms with Crippen molar-refractivity contribution in [2.45, 2.75) is 25.8 Å². The summed E-state index contributed by atoms with van der Waals surface area (Å²) in [5.74, 6) is 0.405. The first-order valence-corrected chi connectivity index (χ1v) is 5.07. The van der Waals surface area contributed by atoms with Gasteiger partial charge in [-0.15, -0.1) is 0 Å². The summed E-state index contributed by atoms with van der Waals surface area (Å²) in [5.41, 5.74) is 2.26. The van der Waals surface area contributed by atoms with Crippen LogP contribution in [0.1, 0.15) is 24.6 Å². The van der Waals surface area contributed by atoms with Crippen molar-refractivity contribution >= 4 is 10.9 Å². The van der Waals surface area contributed by atoms with Gasteiger partial charge in [0.15, 0.2) is 0 Å². The molecule has 0 saturated heterocycles. The standard InChI is InChI=1S/C12H13NO/c1-8-7-9-3-2-4-11(14)12(9)13(8)10-5-6-10/h2-4,7,10,14H,5-6H2,1H3. The van der Waals surface area contributed by atoms with E-state index >= 15 is 0 Å². The number of phenols is 1. The van der Waals surface area contributed by atoms with Crippen LogP contribution in [0.3, 0.4) is 0 Å². The van der Waals surface area contributed by atoms with Crippen molar-refractivity contribution in [1.29, 1.82) is 0 Å². The number of phenolic OH excluding ortho intramolecular Hbond substituents is 1. The summed E-state index contributed by atoms with van der Waals surface area (Å²) >= 11 is 0. The molecule has 0 radical (unpaired) electrons. The van der Waals surface area contributed by atoms with Gasteiger partial charge in [-0.1, -0.05) is 12.1 Å². The minimum atomic E-state index is 0.405. The van der Waals surface area contributed by atoms with Gasteiger partial charge in [0.25, 0.3) is 0 Å². The van der Waals surface area contributed by atoms with E-state index in [9.17, 15) is 5.11 Å². The van der Waals surface area contributed by atoms with Gasteiger partial charge in [-0.3, -0.25) is 0 Å². The topological polar surface area (TPSA) is 25.2 Å². The van der Waals surface area contributed by atoms with E-state index in [1.165, 1.54) is 18.5 Å². The molecular formula is C12H13NO. The number of fused-ring (bicyclic) bond motifs is 1. The highest BCUT2D eigenvalue weighted by Gasteiger charge is 2.26. The highest BCUT2D eigenvalue weighted by molar-refractivity contribution is 5.86. The van der Waals surface area contributed by atoms with Crippen molar-refractivity contribution in [2.24, 2.45) is 0 Å². The fourth-order valence-corrected chi connectivity index (χ4v) is 2.20. The van der Waals surface area contributed by atoms with E-state index in [1.807, 2.05) is 6.07 Å². The molecule has 72 valence electrons. The van der Waals surface area contributed by atoms with Crippen molar-refractivity contribution < 1.29 is 5.11 Å². The van der Waals surface area contributed by atoms with Crippen molar-refractivity contribution in [3.63, 3.8) is 0 Å². The molecule has 1 aliphatic rings. The molecule has 2 nitrogen and oxygen atoms in total. The Bertz CT molecular complexity index is 494. The Morgan fingerprint density at radius 2 is 2.14 bits per heavy atom. The van der Waals surface area contributed by atoms with Gasteiger partial charge in [0.2, 0.25) is 0 Å². The molecule has 2 heteroatoms. The zero-order valence-corrected chi connectivity index (χ0v) is 8.20. The number of aromatic hydroxyl groups is 1. The van der Waals surface area contributed by atoms with Gasteiger partial charge in [0.1, 0.15) is 5.75 Å². The quantitative estimate of drug-likeness (QED) is 0.729. The van der Waals surface area contributed by atoms with E-state index in [4.69, 9.17) is 0 Å². The van der Waals surface area contributed by atoms with Crippen molar-refractivity contribution in [3.8, 4) is 5.75 Å². The summed E-state index contributed by atoms with van der Waals surface area (Å²) in [7, 11) is 0. The normalized spacial score (nSPS) is 16.4. The monoisotopic (exact) mass is 187 g/mol. The molecule has 1 aromatic carbocycles. The molecule has 1 heterocycles. The van der Waals surface area contributed by atoms with E-state index in [-0.39, 0.29) is 0 Å². The highest BCUT2D eigenvalue weighted by Crippen LogP contribution is 2.41. The largest absolute Gasteiger partial charge is 0.506 e. The summed E-state index contributed by atoms with van der Waals surface area (Å²) in [5, 5.41) is 11.0. The second kappa shape index (κ2) is 2.53. The molecule has 0 aliphatic heterocycles. The maximum absolute atomic E-state index is 9.82. The molecule has 1 aliphatic carbocycles. The zero-order valence-electron chi connectivity index (χ0n) is 8.20. The third-order valence-electron chi connectivity index (χ3n) is 2.94. The Labute approximate surface area is 82.8 Å². The lowest BCUT2D eigenvalue weighted by atomic mass is 10.2. The Hall–Kier alpha value is -1.44. The fourth-order valence-electron chi connectivity index (χ4n) is 2.20. The molecule has 2 aromatic rings. The molecule has 0 spiro atoms. The Kier molecular flexibility index (Phi) is 1.43. The molecule has 3 rings (SSSR count). The predicted octanol–water partition coefficient (Wildman–Crippen LogP) is 2.99. The Morgan fingerprint density at radius 3 is 2.86 bits per heavy atom. The second-order valence-corrected chi connectivity index (χ2v) is 4.10. The van der Waals surface area contributed by atoms with Crippen molar-refractivity contribution in [2.75, 3.05) is 0 Å². The summed E-state index contributed by atoms with van der Waals surface area (Å²) in [6.45, 7) is 2.11. The fraction of sp³-hybridized carbons (Fsp3) is 0.333. The molecule has 1 fully saturated rings. The Morgan fingerprint density at radius 1 is 1.36 bits per heavy atom. The maximum atomic E-state index is 9.82. The van der Waals surface area contributed by atoms with Crippen molar-refractivity contribution in [1.82, 2.24) is 4.57 Å². The molecule has 0 unspecified atom stereocenters. The molecule has 0 bridgehead atoms. The average Bonchev–Trinajstić information content (AvgIpc) is 2.90. The first-order valence-electron chi connectivity index (χ1n) is 5.07. The zero-order chi connectivity index (χ0) is 9.71. The van der Waals surface area contributed by atoms with E-state index in [0.717, 1.165) is 10.9 Å². The maximum Gasteiger partial charge on any atom is 0.139 e. The average molecular weight is 187 g/mol. The van der Waals surface area contributed by atoms with Crippen LogP contribution in [0.15, 0.2) is 24.3 Å². The SMILES string of the molecule is Cc1cc2cccc(O)c2n1C1CC1. The molecule has 1 N–H and O–H groups in total. The lowest BCUT2D eigenvalue weighted by Crippen LogP contribution is -1.95. The number of rotatable bonds is 1. The van der Waals surface area contributed by atoms with Gasteiger partial charge in [0.05, 0.1) is 5.52 Å². The van der Waals surface area contributed by atoms with Crippen LogP contribution in [0, 0.1) is 6.92 Å². The van der Waals surface area contributed by atoms with Crippen LogP contribution in [0.5, 0.6) is 5.75 Å².